The molecule has 0 aliphatic rings. The fourth-order valence-electron chi connectivity index (χ4n) is 2.25. The van der Waals surface area contributed by atoms with Gasteiger partial charge in [-0.25, -0.2) is 4.98 Å². The maximum atomic E-state index is 12.1. The lowest BCUT2D eigenvalue weighted by Crippen LogP contribution is -2.14. The van der Waals surface area contributed by atoms with Gasteiger partial charge in [-0.15, -0.1) is 11.3 Å². The summed E-state index contributed by atoms with van der Waals surface area (Å²) in [5.41, 5.74) is 4.19. The standard InChI is InChI=1S/C16H20N2OS/c1-10-6-5-7-11(2)16(10)18-15(19)9-8-14-12(3)17-13(4)20-14/h5-7H,8-9H2,1-4H3,(H,18,19). The minimum absolute atomic E-state index is 0.0628. The molecule has 0 fully saturated rings. The summed E-state index contributed by atoms with van der Waals surface area (Å²) in [5.74, 6) is 0.0628. The summed E-state index contributed by atoms with van der Waals surface area (Å²) in [4.78, 5) is 17.7. The number of nitrogens with zero attached hydrogens (tertiary/aromatic N) is 1. The summed E-state index contributed by atoms with van der Waals surface area (Å²) in [6.07, 6.45) is 1.25. The van der Waals surface area contributed by atoms with Gasteiger partial charge in [0, 0.05) is 17.0 Å². The van der Waals surface area contributed by atoms with Gasteiger partial charge in [-0.1, -0.05) is 18.2 Å². The van der Waals surface area contributed by atoms with E-state index in [9.17, 15) is 4.79 Å². The van der Waals surface area contributed by atoms with Crippen molar-refractivity contribution in [1.29, 1.82) is 0 Å². The maximum absolute atomic E-state index is 12.1. The van der Waals surface area contributed by atoms with Crippen LogP contribution in [-0.2, 0) is 11.2 Å². The van der Waals surface area contributed by atoms with Crippen LogP contribution in [0.25, 0.3) is 0 Å². The summed E-state index contributed by atoms with van der Waals surface area (Å²) in [6, 6.07) is 6.03. The van der Waals surface area contributed by atoms with Crippen molar-refractivity contribution in [1.82, 2.24) is 4.98 Å². The molecule has 1 heterocycles. The molecule has 1 N–H and O–H groups in total. The zero-order chi connectivity index (χ0) is 14.7. The number of thiazole rings is 1. The lowest BCUT2D eigenvalue weighted by molar-refractivity contribution is -0.116. The third-order valence-corrected chi connectivity index (χ3v) is 4.46. The normalized spacial score (nSPS) is 10.6. The van der Waals surface area contributed by atoms with Gasteiger partial charge in [-0.05, 0) is 45.2 Å². The lowest BCUT2D eigenvalue weighted by Gasteiger charge is -2.11. The van der Waals surface area contributed by atoms with E-state index in [1.807, 2.05) is 45.9 Å². The molecular formula is C16H20N2OS. The number of anilines is 1. The van der Waals surface area contributed by atoms with Crippen LogP contribution in [0.4, 0.5) is 5.69 Å². The van der Waals surface area contributed by atoms with Crippen LogP contribution in [0.5, 0.6) is 0 Å². The Morgan fingerprint density at radius 3 is 2.40 bits per heavy atom. The van der Waals surface area contributed by atoms with E-state index in [4.69, 9.17) is 0 Å². The molecular weight excluding hydrogens is 268 g/mol. The molecule has 1 aromatic heterocycles. The number of aryl methyl sites for hydroxylation is 5. The molecule has 2 aromatic rings. The van der Waals surface area contributed by atoms with Crippen LogP contribution < -0.4 is 5.32 Å². The Balaban J connectivity index is 1.98. The first-order valence-corrected chi connectivity index (χ1v) is 7.58. The number of aromatic nitrogens is 1. The fraction of sp³-hybridized carbons (Fsp3) is 0.375. The van der Waals surface area contributed by atoms with Crippen molar-refractivity contribution in [2.24, 2.45) is 0 Å². The highest BCUT2D eigenvalue weighted by Gasteiger charge is 2.10. The monoisotopic (exact) mass is 288 g/mol. The average Bonchev–Trinajstić information content (AvgIpc) is 2.70. The summed E-state index contributed by atoms with van der Waals surface area (Å²) >= 11 is 1.68. The van der Waals surface area contributed by atoms with Gasteiger partial charge >= 0.3 is 0 Å². The largest absolute Gasteiger partial charge is 0.326 e. The Morgan fingerprint density at radius 1 is 1.20 bits per heavy atom. The molecule has 0 aliphatic carbocycles. The summed E-state index contributed by atoms with van der Waals surface area (Å²) in [6.45, 7) is 8.03. The van der Waals surface area contributed by atoms with Gasteiger partial charge in [0.1, 0.15) is 0 Å². The molecule has 2 rings (SSSR count). The van der Waals surface area contributed by atoms with Gasteiger partial charge in [0.2, 0.25) is 5.91 Å². The summed E-state index contributed by atoms with van der Waals surface area (Å²) < 4.78 is 0. The zero-order valence-electron chi connectivity index (χ0n) is 12.4. The van der Waals surface area contributed by atoms with Crippen LogP contribution in [0.15, 0.2) is 18.2 Å². The minimum Gasteiger partial charge on any atom is -0.326 e. The first-order chi connectivity index (χ1) is 9.47. The second kappa shape index (κ2) is 6.18. The van der Waals surface area contributed by atoms with Gasteiger partial charge in [0.25, 0.3) is 0 Å². The lowest BCUT2D eigenvalue weighted by atomic mass is 10.1. The van der Waals surface area contributed by atoms with Gasteiger partial charge < -0.3 is 5.32 Å². The second-order valence-corrected chi connectivity index (χ2v) is 6.34. The van der Waals surface area contributed by atoms with E-state index in [0.717, 1.165) is 33.9 Å². The minimum atomic E-state index is 0.0628. The first-order valence-electron chi connectivity index (χ1n) is 6.76. The molecule has 0 radical (unpaired) electrons. The van der Waals surface area contributed by atoms with Crippen LogP contribution in [0.3, 0.4) is 0 Å². The molecule has 106 valence electrons. The molecule has 0 bridgehead atoms. The van der Waals surface area contributed by atoms with Gasteiger partial charge in [0.05, 0.1) is 10.7 Å². The quantitative estimate of drug-likeness (QED) is 0.925. The second-order valence-electron chi connectivity index (χ2n) is 5.06. The number of amides is 1. The SMILES string of the molecule is Cc1nc(C)c(CCC(=O)Nc2c(C)cccc2C)s1. The number of rotatable bonds is 4. The van der Waals surface area contributed by atoms with Gasteiger partial charge in [-0.2, -0.15) is 0 Å². The Labute approximate surface area is 124 Å². The molecule has 0 atom stereocenters. The molecule has 0 spiro atoms. The maximum Gasteiger partial charge on any atom is 0.224 e. The number of hydrogen-bond acceptors (Lipinski definition) is 3. The van der Waals surface area contributed by atoms with E-state index < -0.39 is 0 Å². The number of carbonyl (C=O) groups is 1. The fourth-order valence-corrected chi connectivity index (χ4v) is 3.18. The van der Waals surface area contributed by atoms with Gasteiger partial charge in [-0.3, -0.25) is 4.79 Å². The molecule has 0 saturated carbocycles. The summed E-state index contributed by atoms with van der Waals surface area (Å²) in [5, 5.41) is 4.08. The van der Waals surface area contributed by atoms with Crippen molar-refractivity contribution in [3.05, 3.63) is 44.9 Å². The Morgan fingerprint density at radius 2 is 1.85 bits per heavy atom. The van der Waals surface area contributed by atoms with E-state index in [0.29, 0.717) is 6.42 Å². The predicted octanol–water partition coefficient (Wildman–Crippen LogP) is 3.95. The van der Waals surface area contributed by atoms with Crippen molar-refractivity contribution in [3.8, 4) is 0 Å². The number of hydrogen-bond donors (Lipinski definition) is 1. The van der Waals surface area contributed by atoms with Crippen molar-refractivity contribution in [3.63, 3.8) is 0 Å². The van der Waals surface area contributed by atoms with E-state index in [-0.39, 0.29) is 5.91 Å². The highest BCUT2D eigenvalue weighted by atomic mass is 32.1. The summed E-state index contributed by atoms with van der Waals surface area (Å²) in [7, 11) is 0. The van der Waals surface area contributed by atoms with Crippen molar-refractivity contribution in [2.45, 2.75) is 40.5 Å². The Hall–Kier alpha value is -1.68. The molecule has 1 amide bonds. The van der Waals surface area contributed by atoms with E-state index >= 15 is 0 Å². The zero-order valence-corrected chi connectivity index (χ0v) is 13.2. The molecule has 0 saturated heterocycles. The third-order valence-electron chi connectivity index (χ3n) is 3.32. The Bertz CT molecular complexity index is 611. The van der Waals surface area contributed by atoms with Crippen LogP contribution in [0.1, 0.15) is 33.1 Å². The van der Waals surface area contributed by atoms with E-state index in [1.165, 1.54) is 4.88 Å². The highest BCUT2D eigenvalue weighted by molar-refractivity contribution is 7.11. The van der Waals surface area contributed by atoms with Crippen LogP contribution in [0.2, 0.25) is 0 Å². The average molecular weight is 288 g/mol. The molecule has 3 nitrogen and oxygen atoms in total. The van der Waals surface area contributed by atoms with E-state index in [1.54, 1.807) is 11.3 Å². The number of benzene rings is 1. The van der Waals surface area contributed by atoms with Crippen molar-refractivity contribution < 1.29 is 4.79 Å². The third kappa shape index (κ3) is 3.45. The highest BCUT2D eigenvalue weighted by Crippen LogP contribution is 2.21. The van der Waals surface area contributed by atoms with Gasteiger partial charge in [0.15, 0.2) is 0 Å². The van der Waals surface area contributed by atoms with E-state index in [2.05, 4.69) is 10.3 Å². The Kier molecular flexibility index (Phi) is 4.55. The molecule has 20 heavy (non-hydrogen) atoms. The molecule has 0 aliphatic heterocycles. The molecule has 4 heteroatoms. The van der Waals surface area contributed by atoms with Crippen molar-refractivity contribution >= 4 is 22.9 Å². The number of carbonyl (C=O) groups excluding carboxylic acids is 1. The molecule has 0 unspecified atom stereocenters. The van der Waals surface area contributed by atoms with Crippen LogP contribution >= 0.6 is 11.3 Å². The predicted molar refractivity (Wildman–Crippen MR) is 84.5 cm³/mol. The molecule has 1 aromatic carbocycles. The smallest absolute Gasteiger partial charge is 0.224 e. The topological polar surface area (TPSA) is 42.0 Å². The van der Waals surface area contributed by atoms with Crippen LogP contribution in [-0.4, -0.2) is 10.9 Å². The number of nitrogens with one attached hydrogen (secondary N) is 1. The van der Waals surface area contributed by atoms with Crippen LogP contribution in [0, 0.1) is 27.7 Å². The van der Waals surface area contributed by atoms with Crippen molar-refractivity contribution in [2.75, 3.05) is 5.32 Å². The number of para-hydroxylation sites is 1. The first kappa shape index (κ1) is 14.7.